The first-order valence-corrected chi connectivity index (χ1v) is 7.18. The first kappa shape index (κ1) is 14.3. The molecule has 1 N–H and O–H groups in total. The van der Waals surface area contributed by atoms with Crippen LogP contribution in [0.4, 0.5) is 0 Å². The van der Waals surface area contributed by atoms with E-state index in [1.807, 2.05) is 49.4 Å². The van der Waals surface area contributed by atoms with Crippen LogP contribution < -0.4 is 0 Å². The molecule has 0 aliphatic heterocycles. The van der Waals surface area contributed by atoms with E-state index < -0.39 is 6.10 Å². The van der Waals surface area contributed by atoms with Gasteiger partial charge >= 0.3 is 0 Å². The van der Waals surface area contributed by atoms with E-state index in [2.05, 4.69) is 20.2 Å². The lowest BCUT2D eigenvalue weighted by atomic mass is 10.0. The fourth-order valence-corrected chi connectivity index (χ4v) is 2.22. The topological polar surface area (TPSA) is 71.8 Å². The number of aliphatic hydroxyl groups is 1. The first-order valence-electron chi connectivity index (χ1n) is 7.18. The van der Waals surface area contributed by atoms with Gasteiger partial charge in [-0.15, -0.1) is 10.2 Å². The van der Waals surface area contributed by atoms with E-state index in [1.165, 1.54) is 0 Å². The van der Waals surface area contributed by atoms with Crippen molar-refractivity contribution in [1.29, 1.82) is 0 Å². The number of hydrogen-bond acceptors (Lipinski definition) is 5. The summed E-state index contributed by atoms with van der Waals surface area (Å²) in [5.41, 5.74) is 3.39. The van der Waals surface area contributed by atoms with Crippen LogP contribution in [0.1, 0.15) is 25.0 Å². The van der Waals surface area contributed by atoms with Crippen molar-refractivity contribution >= 4 is 0 Å². The van der Waals surface area contributed by atoms with Crippen LogP contribution in [-0.2, 0) is 0 Å². The summed E-state index contributed by atoms with van der Waals surface area (Å²) in [6.45, 7) is 1.92. The average molecular weight is 292 g/mol. The second-order valence-electron chi connectivity index (χ2n) is 4.89. The molecule has 0 saturated heterocycles. The highest BCUT2D eigenvalue weighted by atomic mass is 16.3. The Morgan fingerprint density at radius 1 is 0.909 bits per heavy atom. The van der Waals surface area contributed by atoms with E-state index in [9.17, 15) is 5.11 Å². The van der Waals surface area contributed by atoms with Crippen molar-refractivity contribution in [2.45, 2.75) is 19.4 Å². The molecule has 5 nitrogen and oxygen atoms in total. The predicted octanol–water partition coefficient (Wildman–Crippen LogP) is 3.04. The predicted molar refractivity (Wildman–Crippen MR) is 83.7 cm³/mol. The molecule has 0 aromatic carbocycles. The maximum atomic E-state index is 10.3. The third kappa shape index (κ3) is 2.84. The van der Waals surface area contributed by atoms with Gasteiger partial charge in [-0.2, -0.15) is 0 Å². The number of hydrogen-bond donors (Lipinski definition) is 1. The molecule has 0 aliphatic carbocycles. The van der Waals surface area contributed by atoms with E-state index in [1.54, 1.807) is 12.4 Å². The summed E-state index contributed by atoms with van der Waals surface area (Å²) in [6, 6.07) is 13.0. The third-order valence-corrected chi connectivity index (χ3v) is 3.40. The van der Waals surface area contributed by atoms with Crippen LogP contribution in [-0.4, -0.2) is 25.3 Å². The van der Waals surface area contributed by atoms with Gasteiger partial charge in [0.25, 0.3) is 0 Å². The fraction of sp³-hybridized carbons (Fsp3) is 0.176. The number of nitrogens with zero attached hydrogens (tertiary/aromatic N) is 4. The maximum absolute atomic E-state index is 10.3. The molecule has 0 saturated carbocycles. The van der Waals surface area contributed by atoms with E-state index in [0.717, 1.165) is 11.3 Å². The summed E-state index contributed by atoms with van der Waals surface area (Å²) in [5.74, 6) is 0. The zero-order valence-electron chi connectivity index (χ0n) is 12.2. The summed E-state index contributed by atoms with van der Waals surface area (Å²) in [6.07, 6.45) is 3.38. The van der Waals surface area contributed by atoms with Gasteiger partial charge in [0.15, 0.2) is 0 Å². The second-order valence-corrected chi connectivity index (χ2v) is 4.89. The van der Waals surface area contributed by atoms with Crippen molar-refractivity contribution in [2.24, 2.45) is 0 Å². The van der Waals surface area contributed by atoms with Gasteiger partial charge in [-0.1, -0.05) is 19.1 Å². The lowest BCUT2D eigenvalue weighted by molar-refractivity contribution is 0.173. The van der Waals surface area contributed by atoms with Crippen LogP contribution in [0.3, 0.4) is 0 Å². The van der Waals surface area contributed by atoms with Gasteiger partial charge in [-0.25, -0.2) is 0 Å². The van der Waals surface area contributed by atoms with Gasteiger partial charge in [0.1, 0.15) is 11.4 Å². The molecule has 3 rings (SSSR count). The van der Waals surface area contributed by atoms with Gasteiger partial charge < -0.3 is 5.11 Å². The minimum absolute atomic E-state index is 0.590. The van der Waals surface area contributed by atoms with Crippen molar-refractivity contribution in [3.63, 3.8) is 0 Å². The van der Waals surface area contributed by atoms with Crippen molar-refractivity contribution in [3.8, 4) is 22.8 Å². The van der Waals surface area contributed by atoms with Crippen LogP contribution in [0.15, 0.2) is 54.9 Å². The number of pyridine rings is 2. The molecule has 1 atom stereocenters. The Morgan fingerprint density at radius 2 is 1.59 bits per heavy atom. The first-order chi connectivity index (χ1) is 10.8. The molecular weight excluding hydrogens is 276 g/mol. The number of aliphatic hydroxyl groups excluding tert-OH is 1. The minimum atomic E-state index is -0.616. The monoisotopic (exact) mass is 292 g/mol. The Kier molecular flexibility index (Phi) is 4.16. The Morgan fingerprint density at radius 3 is 2.18 bits per heavy atom. The molecule has 3 aromatic rings. The smallest absolute Gasteiger partial charge is 0.117 e. The standard InChI is InChI=1S/C17H16N4O/c1-2-16(22)12-11-15(13-7-3-5-9-18-13)20-21-17(12)14-8-4-6-10-19-14/h3-11,16,22H,2H2,1H3. The normalized spacial score (nSPS) is 12.1. The van der Waals surface area contributed by atoms with Crippen LogP contribution in [0.25, 0.3) is 22.8 Å². The summed E-state index contributed by atoms with van der Waals surface area (Å²) in [7, 11) is 0. The van der Waals surface area contributed by atoms with E-state index >= 15 is 0 Å². The van der Waals surface area contributed by atoms with E-state index in [0.29, 0.717) is 23.5 Å². The largest absolute Gasteiger partial charge is 0.388 e. The van der Waals surface area contributed by atoms with Gasteiger partial charge in [-0.05, 0) is 36.8 Å². The minimum Gasteiger partial charge on any atom is -0.388 e. The third-order valence-electron chi connectivity index (χ3n) is 3.40. The lowest BCUT2D eigenvalue weighted by Crippen LogP contribution is -2.04. The van der Waals surface area contributed by atoms with Gasteiger partial charge in [-0.3, -0.25) is 9.97 Å². The molecule has 0 spiro atoms. The molecule has 0 bridgehead atoms. The summed E-state index contributed by atoms with van der Waals surface area (Å²) < 4.78 is 0. The molecule has 0 aliphatic rings. The highest BCUT2D eigenvalue weighted by Gasteiger charge is 2.17. The molecular formula is C17H16N4O. The number of rotatable bonds is 4. The summed E-state index contributed by atoms with van der Waals surface area (Å²) in [4.78, 5) is 8.58. The Balaban J connectivity index is 2.12. The maximum Gasteiger partial charge on any atom is 0.117 e. The number of aromatic nitrogens is 4. The Bertz CT molecular complexity index is 747. The lowest BCUT2D eigenvalue weighted by Gasteiger charge is -2.13. The van der Waals surface area contributed by atoms with Crippen molar-refractivity contribution in [2.75, 3.05) is 0 Å². The van der Waals surface area contributed by atoms with Gasteiger partial charge in [0.2, 0.25) is 0 Å². The quantitative estimate of drug-likeness (QED) is 0.800. The van der Waals surface area contributed by atoms with Gasteiger partial charge in [0.05, 0.1) is 17.5 Å². The zero-order chi connectivity index (χ0) is 15.4. The van der Waals surface area contributed by atoms with E-state index in [-0.39, 0.29) is 0 Å². The van der Waals surface area contributed by atoms with Gasteiger partial charge in [0, 0.05) is 18.0 Å². The molecule has 22 heavy (non-hydrogen) atoms. The second kappa shape index (κ2) is 6.41. The Labute approximate surface area is 128 Å². The zero-order valence-corrected chi connectivity index (χ0v) is 12.2. The highest BCUT2D eigenvalue weighted by Crippen LogP contribution is 2.28. The molecule has 0 radical (unpaired) electrons. The highest BCUT2D eigenvalue weighted by molar-refractivity contribution is 5.63. The van der Waals surface area contributed by atoms with Crippen molar-refractivity contribution in [3.05, 3.63) is 60.4 Å². The summed E-state index contributed by atoms with van der Waals surface area (Å²) in [5, 5.41) is 18.8. The van der Waals surface area contributed by atoms with E-state index in [4.69, 9.17) is 0 Å². The molecule has 3 heterocycles. The molecule has 0 fully saturated rings. The molecule has 0 amide bonds. The molecule has 3 aromatic heterocycles. The molecule has 1 unspecified atom stereocenters. The van der Waals surface area contributed by atoms with Crippen LogP contribution in [0.2, 0.25) is 0 Å². The summed E-state index contributed by atoms with van der Waals surface area (Å²) >= 11 is 0. The van der Waals surface area contributed by atoms with Crippen LogP contribution in [0, 0.1) is 0 Å². The molecule has 5 heteroatoms. The van der Waals surface area contributed by atoms with Crippen LogP contribution >= 0.6 is 0 Å². The fourth-order valence-electron chi connectivity index (χ4n) is 2.22. The molecule has 110 valence electrons. The SMILES string of the molecule is CCC(O)c1cc(-c2ccccn2)nnc1-c1ccccn1. The van der Waals surface area contributed by atoms with Crippen molar-refractivity contribution in [1.82, 2.24) is 20.2 Å². The van der Waals surface area contributed by atoms with Crippen LogP contribution in [0.5, 0.6) is 0 Å². The average Bonchev–Trinajstić information content (AvgIpc) is 2.62. The Hall–Kier alpha value is -2.66. The van der Waals surface area contributed by atoms with Crippen molar-refractivity contribution < 1.29 is 5.11 Å².